The second-order valence-corrected chi connectivity index (χ2v) is 19.2. The summed E-state index contributed by atoms with van der Waals surface area (Å²) in [6.07, 6.45) is 0. The number of aryl methyl sites for hydroxylation is 5. The predicted octanol–water partition coefficient (Wildman–Crippen LogP) is 16.6. The van der Waals surface area contributed by atoms with Crippen LogP contribution >= 0.6 is 79.4 Å². The topological polar surface area (TPSA) is 0 Å². The van der Waals surface area contributed by atoms with Crippen molar-refractivity contribution in [1.29, 1.82) is 0 Å². The van der Waals surface area contributed by atoms with Gasteiger partial charge in [-0.15, -0.1) is 79.4 Å². The van der Waals surface area contributed by atoms with Gasteiger partial charge in [0.15, 0.2) is 0 Å². The van der Waals surface area contributed by atoms with Crippen molar-refractivity contribution in [2.75, 3.05) is 0 Å². The van der Waals surface area contributed by atoms with E-state index >= 15 is 0 Å². The molecule has 0 saturated heterocycles. The fourth-order valence-electron chi connectivity index (χ4n) is 4.58. The van der Waals surface area contributed by atoms with Crippen molar-refractivity contribution in [1.82, 2.24) is 0 Å². The highest BCUT2D eigenvalue weighted by Crippen LogP contribution is 2.39. The lowest BCUT2D eigenvalue weighted by atomic mass is 10.2. The van der Waals surface area contributed by atoms with Crippen molar-refractivity contribution in [3.8, 4) is 29.3 Å². The van der Waals surface area contributed by atoms with Gasteiger partial charge in [-0.05, 0) is 123 Å². The zero-order valence-corrected chi connectivity index (χ0v) is 34.5. The molecule has 50 heavy (non-hydrogen) atoms. The van der Waals surface area contributed by atoms with Gasteiger partial charge in [-0.3, -0.25) is 0 Å². The molecule has 0 aliphatic heterocycles. The van der Waals surface area contributed by atoms with Crippen LogP contribution in [0.15, 0.2) is 150 Å². The van der Waals surface area contributed by atoms with Gasteiger partial charge in [0.2, 0.25) is 0 Å². The Kier molecular flexibility index (Phi) is 15.0. The van der Waals surface area contributed by atoms with Gasteiger partial charge in [0, 0.05) is 53.5 Å². The molecule has 9 rings (SSSR count). The molecular formula is C43H40S7. The van der Waals surface area contributed by atoms with Crippen LogP contribution in [-0.4, -0.2) is 0 Å². The Bertz CT molecular complexity index is 2170. The molecule has 254 valence electrons. The fourth-order valence-corrected chi connectivity index (χ4v) is 10.5. The standard InChI is InChI=1S/C13H10S3.C9H8S2.C9H8S.C7H8.C5H6S/c1-9-4-5-12(15-9)13-7-6-11(16-13)10-3-2-8-14-10;1-7-4-5-9(11-7)8-3-2-6-10-8;1-7-6-8-4-2-3-5-9(8)10-7;1-7-5-3-2-4-6-7;1-5-3-2-4-6-5/h2-8H,1H3;2-6H,1H3;2-6H,1H3;2-6H,1H3;2-4H,1H3. The third-order valence-corrected chi connectivity index (χ3v) is 14.3. The Hall–Kier alpha value is -3.40. The molecule has 2 aromatic carbocycles. The summed E-state index contributed by atoms with van der Waals surface area (Å²) in [4.78, 5) is 13.8. The lowest BCUT2D eigenvalue weighted by molar-refractivity contribution is 1.48. The molecular weight excluding hydrogens is 741 g/mol. The fraction of sp³-hybridized carbons (Fsp3) is 0.116. The molecule has 7 heterocycles. The first-order valence-electron chi connectivity index (χ1n) is 16.1. The Labute approximate surface area is 325 Å². The molecule has 7 heteroatoms. The molecule has 0 radical (unpaired) electrons. The minimum Gasteiger partial charge on any atom is -0.149 e. The van der Waals surface area contributed by atoms with Gasteiger partial charge in [0.1, 0.15) is 0 Å². The molecule has 7 aromatic heterocycles. The third-order valence-electron chi connectivity index (χ3n) is 7.01. The summed E-state index contributed by atoms with van der Waals surface area (Å²) in [7, 11) is 0. The normalized spacial score (nSPS) is 10.1. The highest BCUT2D eigenvalue weighted by atomic mass is 32.1. The lowest BCUT2D eigenvalue weighted by Crippen LogP contribution is -1.62. The second-order valence-electron chi connectivity index (χ2n) is 11.2. The van der Waals surface area contributed by atoms with E-state index in [1.807, 2.05) is 63.5 Å². The molecule has 9 aromatic rings. The Morgan fingerprint density at radius 3 is 1.26 bits per heavy atom. The van der Waals surface area contributed by atoms with E-state index in [0.29, 0.717) is 0 Å². The summed E-state index contributed by atoms with van der Waals surface area (Å²) >= 11 is 12.8. The van der Waals surface area contributed by atoms with Crippen molar-refractivity contribution in [3.63, 3.8) is 0 Å². The van der Waals surface area contributed by atoms with Crippen LogP contribution in [0.3, 0.4) is 0 Å². The summed E-state index contributed by atoms with van der Waals surface area (Å²) in [6, 6.07) is 46.9. The molecule has 0 N–H and O–H groups in total. The molecule has 0 nitrogen and oxygen atoms in total. The van der Waals surface area contributed by atoms with E-state index in [1.165, 1.54) is 64.4 Å². The van der Waals surface area contributed by atoms with E-state index in [9.17, 15) is 0 Å². The largest absolute Gasteiger partial charge is 0.149 e. The SMILES string of the molecule is Cc1cc2ccccc2s1.Cc1ccc(-c2ccc(-c3cccs3)s2)s1.Cc1ccc(-c2cccs2)s1.Cc1ccccc1.Cc1cccs1. The summed E-state index contributed by atoms with van der Waals surface area (Å²) in [6.45, 7) is 10.6. The van der Waals surface area contributed by atoms with Crippen molar-refractivity contribution in [3.05, 3.63) is 175 Å². The lowest BCUT2D eigenvalue weighted by Gasteiger charge is -1.90. The van der Waals surface area contributed by atoms with Crippen molar-refractivity contribution >= 4 is 89.4 Å². The maximum absolute atomic E-state index is 2.23. The van der Waals surface area contributed by atoms with Gasteiger partial charge in [0.05, 0.1) is 0 Å². The predicted molar refractivity (Wildman–Crippen MR) is 235 cm³/mol. The van der Waals surface area contributed by atoms with Crippen LogP contribution in [0.2, 0.25) is 0 Å². The third kappa shape index (κ3) is 12.1. The number of rotatable bonds is 3. The zero-order chi connectivity index (χ0) is 35.1. The maximum atomic E-state index is 2.23. The number of fused-ring (bicyclic) bond motifs is 1. The Morgan fingerprint density at radius 1 is 0.320 bits per heavy atom. The highest BCUT2D eigenvalue weighted by Gasteiger charge is 2.07. The molecule has 0 unspecified atom stereocenters. The minimum atomic E-state index is 1.32. The molecule has 0 spiro atoms. The molecule has 0 saturated carbocycles. The van der Waals surface area contributed by atoms with Crippen molar-refractivity contribution < 1.29 is 0 Å². The number of hydrogen-bond donors (Lipinski definition) is 0. The van der Waals surface area contributed by atoms with Crippen molar-refractivity contribution in [2.24, 2.45) is 0 Å². The average Bonchev–Trinajstić information content (AvgIpc) is 3.95. The Balaban J connectivity index is 0.000000127. The van der Waals surface area contributed by atoms with Gasteiger partial charge in [-0.2, -0.15) is 0 Å². The van der Waals surface area contributed by atoms with Crippen LogP contribution in [0.5, 0.6) is 0 Å². The maximum Gasteiger partial charge on any atom is 0.0449 e. The molecule has 0 atom stereocenters. The Morgan fingerprint density at radius 2 is 0.820 bits per heavy atom. The zero-order valence-electron chi connectivity index (χ0n) is 28.8. The number of thiophene rings is 7. The van der Waals surface area contributed by atoms with E-state index in [1.54, 1.807) is 34.0 Å². The minimum absolute atomic E-state index is 1.32. The van der Waals surface area contributed by atoms with Crippen molar-refractivity contribution in [2.45, 2.75) is 34.6 Å². The summed E-state index contributed by atoms with van der Waals surface area (Å²) in [5, 5.41) is 7.69. The smallest absolute Gasteiger partial charge is 0.0449 e. The van der Waals surface area contributed by atoms with Crippen LogP contribution in [0.25, 0.3) is 39.3 Å². The van der Waals surface area contributed by atoms with Crippen LogP contribution < -0.4 is 0 Å². The van der Waals surface area contributed by atoms with E-state index in [0.717, 1.165) is 0 Å². The van der Waals surface area contributed by atoms with Gasteiger partial charge < -0.3 is 0 Å². The summed E-state index contributed by atoms with van der Waals surface area (Å²) in [5.74, 6) is 0. The van der Waals surface area contributed by atoms with Crippen LogP contribution in [0.4, 0.5) is 0 Å². The first-order chi connectivity index (χ1) is 24.3. The van der Waals surface area contributed by atoms with Crippen LogP contribution in [0, 0.1) is 34.6 Å². The molecule has 0 bridgehead atoms. The monoisotopic (exact) mass is 780 g/mol. The first-order valence-corrected chi connectivity index (χ1v) is 22.0. The summed E-state index contributed by atoms with van der Waals surface area (Å²) in [5.41, 5.74) is 1.32. The van der Waals surface area contributed by atoms with Gasteiger partial charge in [-0.25, -0.2) is 0 Å². The van der Waals surface area contributed by atoms with Crippen LogP contribution in [-0.2, 0) is 0 Å². The second kappa shape index (κ2) is 19.8. The average molecular weight is 781 g/mol. The highest BCUT2D eigenvalue weighted by molar-refractivity contribution is 7.26. The molecule has 0 amide bonds. The van der Waals surface area contributed by atoms with Gasteiger partial charge >= 0.3 is 0 Å². The number of hydrogen-bond acceptors (Lipinski definition) is 7. The van der Waals surface area contributed by atoms with E-state index in [-0.39, 0.29) is 0 Å². The van der Waals surface area contributed by atoms with Gasteiger partial charge in [-0.1, -0.05) is 72.3 Å². The first kappa shape index (κ1) is 37.8. The van der Waals surface area contributed by atoms with E-state index in [2.05, 4.69) is 166 Å². The van der Waals surface area contributed by atoms with E-state index < -0.39 is 0 Å². The molecule has 0 aliphatic carbocycles. The number of benzene rings is 2. The summed E-state index contributed by atoms with van der Waals surface area (Å²) < 4.78 is 1.39. The quantitative estimate of drug-likeness (QED) is 0.167. The van der Waals surface area contributed by atoms with Crippen LogP contribution in [0.1, 0.15) is 25.1 Å². The molecule has 0 aliphatic rings. The van der Waals surface area contributed by atoms with Gasteiger partial charge in [0.25, 0.3) is 0 Å². The molecule has 0 fully saturated rings. The van der Waals surface area contributed by atoms with E-state index in [4.69, 9.17) is 0 Å².